The van der Waals surface area contributed by atoms with Crippen LogP contribution in [0.2, 0.25) is 0 Å². The zero-order valence-electron chi connectivity index (χ0n) is 14.2. The van der Waals surface area contributed by atoms with Crippen LogP contribution in [0.5, 0.6) is 5.75 Å². The van der Waals surface area contributed by atoms with Crippen molar-refractivity contribution in [2.75, 3.05) is 13.7 Å². The number of benzene rings is 1. The third-order valence-corrected chi connectivity index (χ3v) is 3.69. The number of hydrogen-bond donors (Lipinski definition) is 2. The van der Waals surface area contributed by atoms with E-state index in [1.807, 2.05) is 0 Å². The SMILES string of the molecule is CNC(=O)CC(C(=O)O)c1ccc(OCCCCC(C)C)cc1. The molecule has 0 aromatic heterocycles. The van der Waals surface area contributed by atoms with Crippen molar-refractivity contribution < 1.29 is 19.4 Å². The summed E-state index contributed by atoms with van der Waals surface area (Å²) >= 11 is 0. The van der Waals surface area contributed by atoms with Crippen molar-refractivity contribution in [1.82, 2.24) is 5.32 Å². The maximum Gasteiger partial charge on any atom is 0.311 e. The Morgan fingerprint density at radius 3 is 2.35 bits per heavy atom. The van der Waals surface area contributed by atoms with Gasteiger partial charge in [0.05, 0.1) is 12.5 Å². The van der Waals surface area contributed by atoms with Crippen LogP contribution in [-0.2, 0) is 9.59 Å². The van der Waals surface area contributed by atoms with Gasteiger partial charge in [0.15, 0.2) is 0 Å². The molecule has 0 spiro atoms. The largest absolute Gasteiger partial charge is 0.494 e. The first-order valence-corrected chi connectivity index (χ1v) is 8.10. The molecule has 1 unspecified atom stereocenters. The molecule has 1 aromatic rings. The summed E-state index contributed by atoms with van der Waals surface area (Å²) in [6, 6.07) is 6.95. The van der Waals surface area contributed by atoms with Crippen molar-refractivity contribution in [3.63, 3.8) is 0 Å². The van der Waals surface area contributed by atoms with Crippen molar-refractivity contribution in [3.8, 4) is 5.75 Å². The van der Waals surface area contributed by atoms with E-state index in [4.69, 9.17) is 4.74 Å². The summed E-state index contributed by atoms with van der Waals surface area (Å²) in [6.45, 7) is 5.07. The zero-order chi connectivity index (χ0) is 17.2. The molecule has 1 rings (SSSR count). The number of nitrogens with one attached hydrogen (secondary N) is 1. The third kappa shape index (κ3) is 7.17. The molecule has 0 saturated carbocycles. The molecular formula is C18H27NO4. The van der Waals surface area contributed by atoms with Gasteiger partial charge in [0.25, 0.3) is 0 Å². The molecule has 5 nitrogen and oxygen atoms in total. The van der Waals surface area contributed by atoms with E-state index in [0.29, 0.717) is 18.1 Å². The van der Waals surface area contributed by atoms with E-state index in [1.54, 1.807) is 24.3 Å². The maximum atomic E-state index is 11.4. The maximum absolute atomic E-state index is 11.4. The Kier molecular flexibility index (Phi) is 8.16. The summed E-state index contributed by atoms with van der Waals surface area (Å²) in [5.41, 5.74) is 0.605. The predicted octanol–water partition coefficient (Wildman–Crippen LogP) is 3.20. The van der Waals surface area contributed by atoms with Gasteiger partial charge in [-0.15, -0.1) is 0 Å². The van der Waals surface area contributed by atoms with Crippen molar-refractivity contribution in [3.05, 3.63) is 29.8 Å². The number of carbonyl (C=O) groups is 2. The fourth-order valence-corrected chi connectivity index (χ4v) is 2.28. The average molecular weight is 321 g/mol. The van der Waals surface area contributed by atoms with Crippen molar-refractivity contribution >= 4 is 11.9 Å². The van der Waals surface area contributed by atoms with E-state index in [2.05, 4.69) is 19.2 Å². The monoisotopic (exact) mass is 321 g/mol. The molecule has 23 heavy (non-hydrogen) atoms. The fourth-order valence-electron chi connectivity index (χ4n) is 2.28. The second-order valence-electron chi connectivity index (χ2n) is 6.08. The highest BCUT2D eigenvalue weighted by molar-refractivity contribution is 5.85. The van der Waals surface area contributed by atoms with E-state index < -0.39 is 11.9 Å². The quantitative estimate of drug-likeness (QED) is 0.649. The number of ether oxygens (including phenoxy) is 1. The molecular weight excluding hydrogens is 294 g/mol. The Labute approximate surface area is 138 Å². The third-order valence-electron chi connectivity index (χ3n) is 3.69. The average Bonchev–Trinajstić information content (AvgIpc) is 2.52. The van der Waals surface area contributed by atoms with Gasteiger partial charge in [-0.2, -0.15) is 0 Å². The Hall–Kier alpha value is -2.04. The van der Waals surface area contributed by atoms with Crippen LogP contribution < -0.4 is 10.1 Å². The van der Waals surface area contributed by atoms with Crippen LogP contribution in [-0.4, -0.2) is 30.6 Å². The van der Waals surface area contributed by atoms with Gasteiger partial charge in [-0.1, -0.05) is 32.4 Å². The van der Waals surface area contributed by atoms with Crippen LogP contribution in [0.3, 0.4) is 0 Å². The van der Waals surface area contributed by atoms with Gasteiger partial charge < -0.3 is 15.2 Å². The van der Waals surface area contributed by atoms with Crippen LogP contribution in [0, 0.1) is 5.92 Å². The van der Waals surface area contributed by atoms with Gasteiger partial charge in [-0.3, -0.25) is 9.59 Å². The van der Waals surface area contributed by atoms with Gasteiger partial charge in [0, 0.05) is 13.5 Å². The molecule has 0 radical (unpaired) electrons. The number of carboxylic acid groups (broad SMARTS) is 1. The van der Waals surface area contributed by atoms with Crippen LogP contribution in [0.25, 0.3) is 0 Å². The first kappa shape index (κ1) is 19.0. The highest BCUT2D eigenvalue weighted by Crippen LogP contribution is 2.23. The lowest BCUT2D eigenvalue weighted by atomic mass is 9.95. The number of amides is 1. The molecule has 1 amide bonds. The molecule has 0 aliphatic carbocycles. The van der Waals surface area contributed by atoms with Crippen LogP contribution in [0.15, 0.2) is 24.3 Å². The Bertz CT molecular complexity index is 496. The van der Waals surface area contributed by atoms with E-state index >= 15 is 0 Å². The molecule has 0 fully saturated rings. The Morgan fingerprint density at radius 1 is 1.17 bits per heavy atom. The minimum Gasteiger partial charge on any atom is -0.494 e. The highest BCUT2D eigenvalue weighted by atomic mass is 16.5. The van der Waals surface area contributed by atoms with Crippen molar-refractivity contribution in [1.29, 1.82) is 0 Å². The number of aliphatic carboxylic acids is 1. The molecule has 1 aromatic carbocycles. The summed E-state index contributed by atoms with van der Waals surface area (Å²) in [5, 5.41) is 11.7. The zero-order valence-corrected chi connectivity index (χ0v) is 14.2. The predicted molar refractivity (Wildman–Crippen MR) is 89.7 cm³/mol. The molecule has 0 saturated heterocycles. The second-order valence-corrected chi connectivity index (χ2v) is 6.08. The summed E-state index contributed by atoms with van der Waals surface area (Å²) in [7, 11) is 1.50. The summed E-state index contributed by atoms with van der Waals surface area (Å²) in [6.07, 6.45) is 3.28. The van der Waals surface area contributed by atoms with Gasteiger partial charge in [-0.25, -0.2) is 0 Å². The van der Waals surface area contributed by atoms with E-state index in [-0.39, 0.29) is 12.3 Å². The summed E-state index contributed by atoms with van der Waals surface area (Å²) in [5.74, 6) is -0.696. The first-order chi connectivity index (χ1) is 10.9. The van der Waals surface area contributed by atoms with Crippen LogP contribution in [0.1, 0.15) is 51.0 Å². The summed E-state index contributed by atoms with van der Waals surface area (Å²) in [4.78, 5) is 22.7. The van der Waals surface area contributed by atoms with E-state index in [9.17, 15) is 14.7 Å². The number of carbonyl (C=O) groups excluding carboxylic acids is 1. The molecule has 1 atom stereocenters. The smallest absolute Gasteiger partial charge is 0.311 e. The van der Waals surface area contributed by atoms with Gasteiger partial charge in [0.1, 0.15) is 5.75 Å². The number of hydrogen-bond acceptors (Lipinski definition) is 3. The first-order valence-electron chi connectivity index (χ1n) is 8.10. The van der Waals surface area contributed by atoms with Crippen LogP contribution in [0.4, 0.5) is 0 Å². The fraction of sp³-hybridized carbons (Fsp3) is 0.556. The molecule has 0 bridgehead atoms. The minimum atomic E-state index is -1.00. The Morgan fingerprint density at radius 2 is 1.83 bits per heavy atom. The molecule has 128 valence electrons. The molecule has 5 heteroatoms. The number of unbranched alkanes of at least 4 members (excludes halogenated alkanes) is 1. The molecule has 0 heterocycles. The second kappa shape index (κ2) is 9.87. The molecule has 2 N–H and O–H groups in total. The summed E-state index contributed by atoms with van der Waals surface area (Å²) < 4.78 is 5.66. The Balaban J connectivity index is 2.53. The van der Waals surface area contributed by atoms with E-state index in [0.717, 1.165) is 18.6 Å². The standard InChI is InChI=1S/C18H27NO4/c1-13(2)6-4-5-11-23-15-9-7-14(8-10-15)16(18(21)22)12-17(20)19-3/h7-10,13,16H,4-6,11-12H2,1-3H3,(H,19,20)(H,21,22). The van der Waals surface area contributed by atoms with Crippen molar-refractivity contribution in [2.45, 2.75) is 45.4 Å². The highest BCUT2D eigenvalue weighted by Gasteiger charge is 2.22. The normalized spacial score (nSPS) is 12.0. The number of rotatable bonds is 10. The van der Waals surface area contributed by atoms with Crippen molar-refractivity contribution in [2.24, 2.45) is 5.92 Å². The topological polar surface area (TPSA) is 75.6 Å². The van der Waals surface area contributed by atoms with Gasteiger partial charge >= 0.3 is 5.97 Å². The lowest BCUT2D eigenvalue weighted by molar-refractivity contribution is -0.140. The van der Waals surface area contributed by atoms with Crippen LogP contribution >= 0.6 is 0 Å². The minimum absolute atomic E-state index is 0.0682. The number of carboxylic acids is 1. The van der Waals surface area contributed by atoms with Gasteiger partial charge in [-0.05, 0) is 36.5 Å². The lowest BCUT2D eigenvalue weighted by Gasteiger charge is -2.13. The van der Waals surface area contributed by atoms with E-state index in [1.165, 1.54) is 13.5 Å². The molecule has 0 aliphatic heterocycles. The lowest BCUT2D eigenvalue weighted by Crippen LogP contribution is -2.24. The molecule has 0 aliphatic rings. The van der Waals surface area contributed by atoms with Gasteiger partial charge in [0.2, 0.25) is 5.91 Å².